The smallest absolute Gasteiger partial charge is 0.244 e. The molecule has 3 heterocycles. The van der Waals surface area contributed by atoms with E-state index < -0.39 is 0 Å². The zero-order chi connectivity index (χ0) is 20.9. The van der Waals surface area contributed by atoms with Crippen LogP contribution in [0.2, 0.25) is 0 Å². The van der Waals surface area contributed by atoms with Gasteiger partial charge in [0.2, 0.25) is 11.9 Å². The highest BCUT2D eigenvalue weighted by Gasteiger charge is 2.23. The van der Waals surface area contributed by atoms with Crippen LogP contribution in [0.3, 0.4) is 0 Å². The summed E-state index contributed by atoms with van der Waals surface area (Å²) in [5.41, 5.74) is 4.40. The van der Waals surface area contributed by atoms with E-state index in [1.165, 1.54) is 5.56 Å². The van der Waals surface area contributed by atoms with Crippen LogP contribution in [0.5, 0.6) is 0 Å². The number of carbonyl (C=O) groups is 1. The van der Waals surface area contributed by atoms with Gasteiger partial charge in [0.05, 0.1) is 5.69 Å². The van der Waals surface area contributed by atoms with Gasteiger partial charge in [-0.15, -0.1) is 0 Å². The van der Waals surface area contributed by atoms with Gasteiger partial charge in [-0.25, -0.2) is 9.97 Å². The standard InChI is InChI=1S/C23H28N6O/c1-3-18-7-5-8-19(15-18)21-16-20(4-2)29(26-21)17-22(30)27-11-13-28(14-12-27)23-24-9-6-10-25-23/h5-10,15-16H,3-4,11-14,17H2,1-2H3. The second-order valence-corrected chi connectivity index (χ2v) is 7.50. The van der Waals surface area contributed by atoms with Crippen molar-refractivity contribution in [2.45, 2.75) is 33.2 Å². The van der Waals surface area contributed by atoms with Crippen molar-refractivity contribution in [2.75, 3.05) is 31.1 Å². The summed E-state index contributed by atoms with van der Waals surface area (Å²) in [4.78, 5) is 25.6. The predicted molar refractivity (Wildman–Crippen MR) is 117 cm³/mol. The molecule has 0 saturated carbocycles. The van der Waals surface area contributed by atoms with Gasteiger partial charge in [0, 0.05) is 49.8 Å². The first-order valence-electron chi connectivity index (χ1n) is 10.6. The van der Waals surface area contributed by atoms with E-state index in [0.29, 0.717) is 13.1 Å². The number of amides is 1. The maximum absolute atomic E-state index is 12.9. The van der Waals surface area contributed by atoms with Crippen molar-refractivity contribution >= 4 is 11.9 Å². The van der Waals surface area contributed by atoms with Crippen molar-refractivity contribution in [1.29, 1.82) is 0 Å². The molecule has 0 atom stereocenters. The van der Waals surface area contributed by atoms with Crippen molar-refractivity contribution in [1.82, 2.24) is 24.6 Å². The van der Waals surface area contributed by atoms with Crippen LogP contribution in [0.1, 0.15) is 25.1 Å². The number of carbonyl (C=O) groups excluding carboxylic acids is 1. The molecule has 1 aliphatic rings. The van der Waals surface area contributed by atoms with Crippen LogP contribution in [0.15, 0.2) is 48.8 Å². The molecule has 0 aliphatic carbocycles. The van der Waals surface area contributed by atoms with Crippen molar-refractivity contribution in [2.24, 2.45) is 0 Å². The number of hydrogen-bond donors (Lipinski definition) is 0. The fraction of sp³-hybridized carbons (Fsp3) is 0.391. The lowest BCUT2D eigenvalue weighted by molar-refractivity contribution is -0.132. The van der Waals surface area contributed by atoms with Crippen LogP contribution in [0.4, 0.5) is 5.95 Å². The number of nitrogens with zero attached hydrogens (tertiary/aromatic N) is 6. The Morgan fingerprint density at radius 2 is 1.73 bits per heavy atom. The highest BCUT2D eigenvalue weighted by Crippen LogP contribution is 2.21. The van der Waals surface area contributed by atoms with Crippen molar-refractivity contribution in [3.8, 4) is 11.3 Å². The predicted octanol–water partition coefficient (Wildman–Crippen LogP) is 2.81. The minimum Gasteiger partial charge on any atom is -0.338 e. The Bertz CT molecular complexity index is 992. The average molecular weight is 405 g/mol. The first-order chi connectivity index (χ1) is 14.7. The highest BCUT2D eigenvalue weighted by atomic mass is 16.2. The second-order valence-electron chi connectivity index (χ2n) is 7.50. The fourth-order valence-corrected chi connectivity index (χ4v) is 3.81. The summed E-state index contributed by atoms with van der Waals surface area (Å²) in [6.45, 7) is 7.35. The Kier molecular flexibility index (Phi) is 6.07. The molecule has 3 aromatic rings. The van der Waals surface area contributed by atoms with Crippen molar-refractivity contribution in [3.63, 3.8) is 0 Å². The van der Waals surface area contributed by atoms with Gasteiger partial charge in [-0.3, -0.25) is 9.48 Å². The summed E-state index contributed by atoms with van der Waals surface area (Å²) in [5, 5.41) is 4.76. The van der Waals surface area contributed by atoms with E-state index >= 15 is 0 Å². The van der Waals surface area contributed by atoms with E-state index in [-0.39, 0.29) is 12.5 Å². The Balaban J connectivity index is 1.42. The summed E-state index contributed by atoms with van der Waals surface area (Å²) in [5.74, 6) is 0.833. The number of piperazine rings is 1. The van der Waals surface area contributed by atoms with Gasteiger partial charge >= 0.3 is 0 Å². The molecule has 1 saturated heterocycles. The number of benzene rings is 1. The SMILES string of the molecule is CCc1cccc(-c2cc(CC)n(CC(=O)N3CCN(c4ncccn4)CC3)n2)c1. The lowest BCUT2D eigenvalue weighted by Crippen LogP contribution is -2.50. The van der Waals surface area contributed by atoms with Crippen LogP contribution < -0.4 is 4.90 Å². The third kappa shape index (κ3) is 4.35. The number of aryl methyl sites for hydroxylation is 2. The highest BCUT2D eigenvalue weighted by molar-refractivity contribution is 5.76. The maximum Gasteiger partial charge on any atom is 0.244 e. The minimum absolute atomic E-state index is 0.107. The molecule has 156 valence electrons. The minimum atomic E-state index is 0.107. The van der Waals surface area contributed by atoms with Crippen LogP contribution >= 0.6 is 0 Å². The average Bonchev–Trinajstić information content (AvgIpc) is 3.22. The molecular formula is C23H28N6O. The number of rotatable bonds is 6. The van der Waals surface area contributed by atoms with E-state index in [0.717, 1.165) is 48.8 Å². The van der Waals surface area contributed by atoms with Crippen LogP contribution in [0.25, 0.3) is 11.3 Å². The molecule has 7 heteroatoms. The molecule has 1 amide bonds. The first kappa shape index (κ1) is 20.1. The molecule has 0 N–H and O–H groups in total. The Morgan fingerprint density at radius 3 is 2.43 bits per heavy atom. The molecule has 2 aromatic heterocycles. The zero-order valence-electron chi connectivity index (χ0n) is 17.7. The number of hydrogen-bond acceptors (Lipinski definition) is 5. The Morgan fingerprint density at radius 1 is 0.967 bits per heavy atom. The van der Waals surface area contributed by atoms with Gasteiger partial charge in [0.1, 0.15) is 6.54 Å². The molecule has 30 heavy (non-hydrogen) atoms. The lowest BCUT2D eigenvalue weighted by atomic mass is 10.1. The molecule has 1 aromatic carbocycles. The molecule has 0 unspecified atom stereocenters. The second kappa shape index (κ2) is 9.07. The zero-order valence-corrected chi connectivity index (χ0v) is 17.7. The van der Waals surface area contributed by atoms with Gasteiger partial charge in [0.25, 0.3) is 0 Å². The maximum atomic E-state index is 12.9. The molecule has 0 spiro atoms. The molecule has 7 nitrogen and oxygen atoms in total. The van der Waals surface area contributed by atoms with Crippen LogP contribution in [-0.4, -0.2) is 56.7 Å². The van der Waals surface area contributed by atoms with Crippen molar-refractivity contribution < 1.29 is 4.79 Å². The van der Waals surface area contributed by atoms with Crippen molar-refractivity contribution in [3.05, 3.63) is 60.0 Å². The number of anilines is 1. The van der Waals surface area contributed by atoms with E-state index in [1.54, 1.807) is 12.4 Å². The summed E-state index contributed by atoms with van der Waals surface area (Å²) in [7, 11) is 0. The largest absolute Gasteiger partial charge is 0.338 e. The molecule has 1 fully saturated rings. The van der Waals surface area contributed by atoms with E-state index in [1.807, 2.05) is 15.6 Å². The van der Waals surface area contributed by atoms with Gasteiger partial charge in [-0.1, -0.05) is 32.0 Å². The molecule has 0 radical (unpaired) electrons. The summed E-state index contributed by atoms with van der Waals surface area (Å²) in [6.07, 6.45) is 5.33. The Labute approximate surface area is 177 Å². The van der Waals surface area contributed by atoms with E-state index in [2.05, 4.69) is 59.0 Å². The molecule has 1 aliphatic heterocycles. The van der Waals surface area contributed by atoms with Crippen LogP contribution in [-0.2, 0) is 24.2 Å². The Hall–Kier alpha value is -3.22. The lowest BCUT2D eigenvalue weighted by Gasteiger charge is -2.34. The van der Waals surface area contributed by atoms with E-state index in [4.69, 9.17) is 5.10 Å². The summed E-state index contributed by atoms with van der Waals surface area (Å²) >= 11 is 0. The molecule has 0 bridgehead atoms. The third-order valence-corrected chi connectivity index (χ3v) is 5.61. The van der Waals surface area contributed by atoms with E-state index in [9.17, 15) is 4.79 Å². The normalized spacial score (nSPS) is 14.2. The number of aromatic nitrogens is 4. The molecular weight excluding hydrogens is 376 g/mol. The van der Waals surface area contributed by atoms with Crippen LogP contribution in [0, 0.1) is 0 Å². The summed E-state index contributed by atoms with van der Waals surface area (Å²) < 4.78 is 1.86. The monoisotopic (exact) mass is 404 g/mol. The summed E-state index contributed by atoms with van der Waals surface area (Å²) in [6, 6.07) is 12.4. The third-order valence-electron chi connectivity index (χ3n) is 5.61. The topological polar surface area (TPSA) is 67.2 Å². The molecule has 4 rings (SSSR count). The quantitative estimate of drug-likeness (QED) is 0.632. The van der Waals surface area contributed by atoms with Gasteiger partial charge in [-0.05, 0) is 36.6 Å². The first-order valence-corrected chi connectivity index (χ1v) is 10.6. The van der Waals surface area contributed by atoms with Gasteiger partial charge < -0.3 is 9.80 Å². The van der Waals surface area contributed by atoms with Gasteiger partial charge in [-0.2, -0.15) is 5.10 Å². The van der Waals surface area contributed by atoms with Gasteiger partial charge in [0.15, 0.2) is 0 Å². The fourth-order valence-electron chi connectivity index (χ4n) is 3.81.